The Hall–Kier alpha value is -1.80. The summed E-state index contributed by atoms with van der Waals surface area (Å²) in [5, 5.41) is 2.73. The topological polar surface area (TPSA) is 84.9 Å². The largest absolute Gasteiger partial charge is 0.486 e. The Bertz CT molecular complexity index is 675. The maximum Gasteiger partial charge on any atom is 0.243 e. The number of nitrogens with zero attached hydrogens (tertiary/aromatic N) is 1. The second-order valence-corrected chi connectivity index (χ2v) is 7.67. The number of ether oxygens (including phenoxy) is 2. The Labute approximate surface area is 143 Å². The minimum absolute atomic E-state index is 0.0769. The Kier molecular flexibility index (Phi) is 6.44. The van der Waals surface area contributed by atoms with Crippen molar-refractivity contribution < 1.29 is 22.7 Å². The average molecular weight is 356 g/mol. The van der Waals surface area contributed by atoms with E-state index in [1.807, 2.05) is 0 Å². The van der Waals surface area contributed by atoms with Crippen LogP contribution in [0.15, 0.2) is 23.1 Å². The molecule has 1 aromatic rings. The molecule has 8 heteroatoms. The van der Waals surface area contributed by atoms with Crippen molar-refractivity contribution in [2.75, 3.05) is 33.4 Å². The lowest BCUT2D eigenvalue weighted by molar-refractivity contribution is -0.121. The molecule has 0 spiro atoms. The third kappa shape index (κ3) is 4.61. The highest BCUT2D eigenvalue weighted by molar-refractivity contribution is 7.89. The molecule has 0 saturated carbocycles. The molecule has 7 nitrogen and oxygen atoms in total. The van der Waals surface area contributed by atoms with E-state index in [1.54, 1.807) is 6.07 Å². The van der Waals surface area contributed by atoms with Crippen LogP contribution in [0.25, 0.3) is 0 Å². The van der Waals surface area contributed by atoms with Crippen LogP contribution < -0.4 is 14.8 Å². The number of fused-ring (bicyclic) bond motifs is 1. The molecule has 0 saturated heterocycles. The number of hydrogen-bond donors (Lipinski definition) is 1. The number of carbonyl (C=O) groups excluding carboxylic acids is 1. The van der Waals surface area contributed by atoms with E-state index < -0.39 is 10.0 Å². The number of amides is 1. The Morgan fingerprint density at radius 1 is 1.21 bits per heavy atom. The molecule has 1 aliphatic rings. The van der Waals surface area contributed by atoms with Crippen LogP contribution in [0.1, 0.15) is 26.2 Å². The molecule has 0 aliphatic carbocycles. The Morgan fingerprint density at radius 3 is 2.62 bits per heavy atom. The zero-order valence-corrected chi connectivity index (χ0v) is 14.9. The molecule has 2 rings (SSSR count). The van der Waals surface area contributed by atoms with Crippen molar-refractivity contribution in [1.82, 2.24) is 9.62 Å². The Morgan fingerprint density at radius 2 is 1.92 bits per heavy atom. The van der Waals surface area contributed by atoms with Gasteiger partial charge in [-0.3, -0.25) is 4.79 Å². The second-order valence-electron chi connectivity index (χ2n) is 5.62. The van der Waals surface area contributed by atoms with Gasteiger partial charge < -0.3 is 14.8 Å². The van der Waals surface area contributed by atoms with Crippen LogP contribution in [0.3, 0.4) is 0 Å². The van der Waals surface area contributed by atoms with Crippen molar-refractivity contribution in [3.05, 3.63) is 18.2 Å². The van der Waals surface area contributed by atoms with Gasteiger partial charge in [0, 0.05) is 19.7 Å². The lowest BCUT2D eigenvalue weighted by Crippen LogP contribution is -2.38. The van der Waals surface area contributed by atoms with Crippen LogP contribution in [0.4, 0.5) is 0 Å². The first-order valence-electron chi connectivity index (χ1n) is 8.08. The normalized spacial score (nSPS) is 13.8. The summed E-state index contributed by atoms with van der Waals surface area (Å²) >= 11 is 0. The fraction of sp³-hybridized carbons (Fsp3) is 0.562. The number of benzene rings is 1. The molecule has 0 bridgehead atoms. The SMILES string of the molecule is CCCCCNC(=O)CN(C)S(=O)(=O)c1ccc2c(c1)OCCO2. The molecule has 1 aliphatic heterocycles. The molecular weight excluding hydrogens is 332 g/mol. The number of carbonyl (C=O) groups is 1. The van der Waals surface area contributed by atoms with Crippen LogP contribution in [-0.2, 0) is 14.8 Å². The highest BCUT2D eigenvalue weighted by atomic mass is 32.2. The van der Waals surface area contributed by atoms with E-state index in [-0.39, 0.29) is 17.3 Å². The fourth-order valence-electron chi connectivity index (χ4n) is 2.31. The summed E-state index contributed by atoms with van der Waals surface area (Å²) < 4.78 is 37.0. The first-order chi connectivity index (χ1) is 11.4. The van der Waals surface area contributed by atoms with E-state index in [2.05, 4.69) is 12.2 Å². The molecule has 134 valence electrons. The number of rotatable bonds is 8. The predicted octanol–water partition coefficient (Wildman–Crippen LogP) is 1.38. The molecule has 1 heterocycles. The molecule has 1 amide bonds. The van der Waals surface area contributed by atoms with Crippen LogP contribution in [0, 0.1) is 0 Å². The smallest absolute Gasteiger partial charge is 0.243 e. The standard InChI is InChI=1S/C16H24N2O5S/c1-3-4-5-8-17-16(19)12-18(2)24(20,21)13-6-7-14-15(11-13)23-10-9-22-14/h6-7,11H,3-5,8-10,12H2,1-2H3,(H,17,19). The van der Waals surface area contributed by atoms with Gasteiger partial charge in [-0.1, -0.05) is 19.8 Å². The van der Waals surface area contributed by atoms with Gasteiger partial charge in [0.15, 0.2) is 11.5 Å². The summed E-state index contributed by atoms with van der Waals surface area (Å²) in [4.78, 5) is 11.9. The van der Waals surface area contributed by atoms with Crippen molar-refractivity contribution >= 4 is 15.9 Å². The van der Waals surface area contributed by atoms with Crippen molar-refractivity contribution in [2.24, 2.45) is 0 Å². The maximum atomic E-state index is 12.6. The monoisotopic (exact) mass is 356 g/mol. The van der Waals surface area contributed by atoms with E-state index >= 15 is 0 Å². The summed E-state index contributed by atoms with van der Waals surface area (Å²) in [6, 6.07) is 4.46. The van der Waals surface area contributed by atoms with E-state index in [4.69, 9.17) is 9.47 Å². The fourth-order valence-corrected chi connectivity index (χ4v) is 3.45. The third-order valence-electron chi connectivity index (χ3n) is 3.69. The molecule has 0 atom stereocenters. The van der Waals surface area contributed by atoms with Gasteiger partial charge >= 0.3 is 0 Å². The van der Waals surface area contributed by atoms with Gasteiger partial charge in [0.2, 0.25) is 15.9 Å². The summed E-state index contributed by atoms with van der Waals surface area (Å²) in [6.45, 7) is 3.24. The van der Waals surface area contributed by atoms with Crippen LogP contribution in [0.2, 0.25) is 0 Å². The van der Waals surface area contributed by atoms with Crippen molar-refractivity contribution in [2.45, 2.75) is 31.1 Å². The zero-order chi connectivity index (χ0) is 17.6. The molecule has 1 aromatic carbocycles. The molecule has 0 aromatic heterocycles. The van der Waals surface area contributed by atoms with Gasteiger partial charge in [-0.05, 0) is 18.6 Å². The molecular formula is C16H24N2O5S. The van der Waals surface area contributed by atoms with Crippen LogP contribution >= 0.6 is 0 Å². The Balaban J connectivity index is 2.00. The van der Waals surface area contributed by atoms with Gasteiger partial charge in [-0.25, -0.2) is 8.42 Å². The van der Waals surface area contributed by atoms with Crippen LogP contribution in [-0.4, -0.2) is 52.0 Å². The highest BCUT2D eigenvalue weighted by Gasteiger charge is 2.25. The summed E-state index contributed by atoms with van der Waals surface area (Å²) in [6.07, 6.45) is 2.99. The summed E-state index contributed by atoms with van der Waals surface area (Å²) in [5.41, 5.74) is 0. The highest BCUT2D eigenvalue weighted by Crippen LogP contribution is 2.32. The van der Waals surface area contributed by atoms with Gasteiger partial charge in [-0.15, -0.1) is 0 Å². The van der Waals surface area contributed by atoms with E-state index in [1.165, 1.54) is 19.2 Å². The number of likely N-dealkylation sites (N-methyl/N-ethyl adjacent to an activating group) is 1. The summed E-state index contributed by atoms with van der Waals surface area (Å²) in [5.74, 6) is 0.617. The molecule has 0 unspecified atom stereocenters. The van der Waals surface area contributed by atoms with E-state index in [0.717, 1.165) is 23.6 Å². The van der Waals surface area contributed by atoms with Crippen LogP contribution in [0.5, 0.6) is 11.5 Å². The first-order valence-corrected chi connectivity index (χ1v) is 9.52. The van der Waals surface area contributed by atoms with Crippen molar-refractivity contribution in [3.8, 4) is 11.5 Å². The third-order valence-corrected chi connectivity index (χ3v) is 5.49. The van der Waals surface area contributed by atoms with E-state index in [0.29, 0.717) is 31.3 Å². The summed E-state index contributed by atoms with van der Waals surface area (Å²) in [7, 11) is -2.38. The minimum atomic E-state index is -3.77. The predicted molar refractivity (Wildman–Crippen MR) is 89.8 cm³/mol. The zero-order valence-electron chi connectivity index (χ0n) is 14.1. The molecule has 24 heavy (non-hydrogen) atoms. The van der Waals surface area contributed by atoms with Gasteiger partial charge in [0.1, 0.15) is 13.2 Å². The van der Waals surface area contributed by atoms with Crippen molar-refractivity contribution in [3.63, 3.8) is 0 Å². The van der Waals surface area contributed by atoms with Gasteiger partial charge in [-0.2, -0.15) is 4.31 Å². The second kappa shape index (κ2) is 8.34. The van der Waals surface area contributed by atoms with Gasteiger partial charge in [0.25, 0.3) is 0 Å². The number of hydrogen-bond acceptors (Lipinski definition) is 5. The molecule has 1 N–H and O–H groups in total. The molecule has 0 fully saturated rings. The first kappa shape index (κ1) is 18.5. The lowest BCUT2D eigenvalue weighted by Gasteiger charge is -2.21. The lowest BCUT2D eigenvalue weighted by atomic mass is 10.2. The minimum Gasteiger partial charge on any atom is -0.486 e. The average Bonchev–Trinajstić information content (AvgIpc) is 2.58. The quantitative estimate of drug-likeness (QED) is 0.712. The number of nitrogens with one attached hydrogen (secondary N) is 1. The van der Waals surface area contributed by atoms with Gasteiger partial charge in [0.05, 0.1) is 11.4 Å². The maximum absolute atomic E-state index is 12.6. The van der Waals surface area contributed by atoms with Crippen molar-refractivity contribution in [1.29, 1.82) is 0 Å². The molecule has 0 radical (unpaired) electrons. The van der Waals surface area contributed by atoms with E-state index in [9.17, 15) is 13.2 Å². The number of sulfonamides is 1. The number of unbranched alkanes of at least 4 members (excludes halogenated alkanes) is 2.